The zero-order valence-corrected chi connectivity index (χ0v) is 19.1. The molecule has 164 valence electrons. The Morgan fingerprint density at radius 3 is 2.65 bits per heavy atom. The summed E-state index contributed by atoms with van der Waals surface area (Å²) in [7, 11) is 1.86. The zero-order chi connectivity index (χ0) is 22.1. The van der Waals surface area contributed by atoms with Gasteiger partial charge in [-0.05, 0) is 50.1 Å². The Balaban J connectivity index is 1.57. The highest BCUT2D eigenvalue weighted by atomic mass is 32.1. The van der Waals surface area contributed by atoms with E-state index in [1.165, 1.54) is 0 Å². The molecule has 6 nitrogen and oxygen atoms in total. The molecule has 0 fully saturated rings. The fourth-order valence-electron chi connectivity index (χ4n) is 3.27. The molecule has 31 heavy (non-hydrogen) atoms. The minimum atomic E-state index is -0.184. The van der Waals surface area contributed by atoms with E-state index >= 15 is 0 Å². The first-order valence-corrected chi connectivity index (χ1v) is 11.4. The molecule has 0 aliphatic rings. The normalized spacial score (nSPS) is 11.7. The van der Waals surface area contributed by atoms with Crippen LogP contribution in [0.4, 0.5) is 5.82 Å². The lowest BCUT2D eigenvalue weighted by molar-refractivity contribution is -0.143. The van der Waals surface area contributed by atoms with Crippen LogP contribution < -0.4 is 10.1 Å². The lowest BCUT2D eigenvalue weighted by Crippen LogP contribution is -2.12. The van der Waals surface area contributed by atoms with Crippen molar-refractivity contribution >= 4 is 23.1 Å². The Bertz CT molecular complexity index is 972. The molecule has 1 atom stereocenters. The Labute approximate surface area is 187 Å². The molecule has 3 aromatic rings. The molecule has 7 heteroatoms. The molecule has 3 rings (SSSR count). The highest BCUT2D eigenvalue weighted by Gasteiger charge is 2.20. The number of thiazole rings is 1. The van der Waals surface area contributed by atoms with Gasteiger partial charge < -0.3 is 14.8 Å². The number of hydrogen-bond donors (Lipinski definition) is 1. The smallest absolute Gasteiger partial charge is 0.306 e. The third-order valence-electron chi connectivity index (χ3n) is 4.80. The average molecular weight is 440 g/mol. The van der Waals surface area contributed by atoms with Crippen molar-refractivity contribution in [1.82, 2.24) is 9.97 Å². The van der Waals surface area contributed by atoms with Gasteiger partial charge in [-0.2, -0.15) is 0 Å². The molecule has 0 saturated heterocycles. The van der Waals surface area contributed by atoms with Crippen LogP contribution in [0.5, 0.6) is 5.75 Å². The molecule has 0 saturated carbocycles. The van der Waals surface area contributed by atoms with Crippen LogP contribution in [-0.4, -0.2) is 36.2 Å². The highest BCUT2D eigenvalue weighted by Crippen LogP contribution is 2.28. The van der Waals surface area contributed by atoms with Crippen LogP contribution in [0.2, 0.25) is 0 Å². The Morgan fingerprint density at radius 1 is 1.16 bits per heavy atom. The van der Waals surface area contributed by atoms with Crippen molar-refractivity contribution in [2.24, 2.45) is 0 Å². The number of benzene rings is 1. The van der Waals surface area contributed by atoms with Gasteiger partial charge in [-0.1, -0.05) is 18.2 Å². The van der Waals surface area contributed by atoms with Crippen LogP contribution in [0.25, 0.3) is 0 Å². The first-order chi connectivity index (χ1) is 15.1. The summed E-state index contributed by atoms with van der Waals surface area (Å²) in [5.41, 5.74) is 3.11. The highest BCUT2D eigenvalue weighted by molar-refractivity contribution is 7.09. The van der Waals surface area contributed by atoms with Gasteiger partial charge >= 0.3 is 5.97 Å². The Morgan fingerprint density at radius 2 is 1.97 bits per heavy atom. The lowest BCUT2D eigenvalue weighted by Gasteiger charge is -2.14. The minimum Gasteiger partial charge on any atom is -0.493 e. The monoisotopic (exact) mass is 439 g/mol. The SMILES string of the molecule is CCOC(=O)CC(Cc1ccc(OCCc2cccc(NC)n2)cc1)c1nc(C)cs1. The van der Waals surface area contributed by atoms with Gasteiger partial charge in [0.1, 0.15) is 11.6 Å². The van der Waals surface area contributed by atoms with E-state index in [1.54, 1.807) is 11.3 Å². The molecule has 0 radical (unpaired) electrons. The second kappa shape index (κ2) is 11.5. The average Bonchev–Trinajstić information content (AvgIpc) is 3.21. The molecular weight excluding hydrogens is 410 g/mol. The summed E-state index contributed by atoms with van der Waals surface area (Å²) in [4.78, 5) is 21.2. The Kier molecular flexibility index (Phi) is 8.41. The molecule has 0 bridgehead atoms. The van der Waals surface area contributed by atoms with Crippen LogP contribution in [0.3, 0.4) is 0 Å². The third-order valence-corrected chi connectivity index (χ3v) is 5.92. The van der Waals surface area contributed by atoms with Crippen LogP contribution in [0.1, 0.15) is 41.2 Å². The quantitative estimate of drug-likeness (QED) is 0.433. The van der Waals surface area contributed by atoms with Crippen LogP contribution in [0.15, 0.2) is 47.8 Å². The van der Waals surface area contributed by atoms with E-state index in [-0.39, 0.29) is 11.9 Å². The number of hydrogen-bond acceptors (Lipinski definition) is 7. The third kappa shape index (κ3) is 7.07. The maximum Gasteiger partial charge on any atom is 0.306 e. The summed E-state index contributed by atoms with van der Waals surface area (Å²) in [6.07, 6.45) is 1.80. The van der Waals surface area contributed by atoms with Crippen molar-refractivity contribution in [2.45, 2.75) is 39.0 Å². The predicted octanol–water partition coefficient (Wildman–Crippen LogP) is 4.79. The first kappa shape index (κ1) is 22.7. The van der Waals surface area contributed by atoms with E-state index < -0.39 is 0 Å². The number of aryl methyl sites for hydroxylation is 1. The van der Waals surface area contributed by atoms with Crippen molar-refractivity contribution in [3.63, 3.8) is 0 Å². The van der Waals surface area contributed by atoms with Crippen molar-refractivity contribution < 1.29 is 14.3 Å². The van der Waals surface area contributed by atoms with Crippen LogP contribution >= 0.6 is 11.3 Å². The molecule has 0 spiro atoms. The van der Waals surface area contributed by atoms with Crippen molar-refractivity contribution in [2.75, 3.05) is 25.6 Å². The molecule has 1 N–H and O–H groups in total. The molecule has 2 heterocycles. The number of esters is 1. The number of nitrogens with zero attached hydrogens (tertiary/aromatic N) is 2. The number of rotatable bonds is 11. The second-order valence-corrected chi connectivity index (χ2v) is 8.13. The summed E-state index contributed by atoms with van der Waals surface area (Å²) < 4.78 is 11.0. The standard InChI is InChI=1S/C24H29N3O3S/c1-4-29-23(28)15-19(24-26-17(2)16-31-24)14-18-8-10-21(11-9-18)30-13-12-20-6-5-7-22(25-3)27-20/h5-11,16,19H,4,12-15H2,1-3H3,(H,25,27). The van der Waals surface area contributed by atoms with Gasteiger partial charge in [-0.15, -0.1) is 11.3 Å². The van der Waals surface area contributed by atoms with Crippen molar-refractivity contribution in [3.8, 4) is 5.75 Å². The van der Waals surface area contributed by atoms with Gasteiger partial charge in [0.05, 0.1) is 24.6 Å². The number of ether oxygens (including phenoxy) is 2. The maximum atomic E-state index is 12.1. The van der Waals surface area contributed by atoms with Crippen molar-refractivity contribution in [3.05, 3.63) is 69.8 Å². The van der Waals surface area contributed by atoms with E-state index in [0.29, 0.717) is 19.6 Å². The van der Waals surface area contributed by atoms with Gasteiger partial charge in [0.15, 0.2) is 0 Å². The molecule has 2 aromatic heterocycles. The van der Waals surface area contributed by atoms with Gasteiger partial charge in [0.2, 0.25) is 0 Å². The molecule has 1 unspecified atom stereocenters. The maximum absolute atomic E-state index is 12.1. The lowest BCUT2D eigenvalue weighted by atomic mass is 9.96. The number of carbonyl (C=O) groups is 1. The molecule has 0 aliphatic heterocycles. The molecule has 0 amide bonds. The summed E-state index contributed by atoms with van der Waals surface area (Å²) in [5, 5.41) is 6.04. The Hall–Kier alpha value is -2.93. The number of carbonyl (C=O) groups excluding carboxylic acids is 1. The van der Waals surface area contributed by atoms with Gasteiger partial charge in [0, 0.05) is 36.2 Å². The van der Waals surface area contributed by atoms with Crippen LogP contribution in [-0.2, 0) is 22.4 Å². The number of pyridine rings is 1. The number of nitrogens with one attached hydrogen (secondary N) is 1. The fourth-order valence-corrected chi connectivity index (χ4v) is 4.17. The van der Waals surface area contributed by atoms with Crippen molar-refractivity contribution in [1.29, 1.82) is 0 Å². The summed E-state index contributed by atoms with van der Waals surface area (Å²) >= 11 is 1.60. The second-order valence-electron chi connectivity index (χ2n) is 7.24. The number of aromatic nitrogens is 2. The van der Waals surface area contributed by atoms with E-state index in [1.807, 2.05) is 68.7 Å². The van der Waals surface area contributed by atoms with E-state index in [2.05, 4.69) is 15.3 Å². The fraction of sp³-hybridized carbons (Fsp3) is 0.375. The van der Waals surface area contributed by atoms with E-state index in [4.69, 9.17) is 9.47 Å². The minimum absolute atomic E-state index is 0.00930. The first-order valence-electron chi connectivity index (χ1n) is 10.5. The molecular formula is C24H29N3O3S. The zero-order valence-electron chi connectivity index (χ0n) is 18.3. The predicted molar refractivity (Wildman–Crippen MR) is 124 cm³/mol. The van der Waals surface area contributed by atoms with Gasteiger partial charge in [-0.3, -0.25) is 4.79 Å². The molecule has 0 aliphatic carbocycles. The van der Waals surface area contributed by atoms with E-state index in [0.717, 1.165) is 46.4 Å². The van der Waals surface area contributed by atoms with E-state index in [9.17, 15) is 4.79 Å². The van der Waals surface area contributed by atoms with Gasteiger partial charge in [-0.25, -0.2) is 9.97 Å². The van der Waals surface area contributed by atoms with Crippen LogP contribution in [0, 0.1) is 6.92 Å². The summed E-state index contributed by atoms with van der Waals surface area (Å²) in [6, 6.07) is 14.0. The molecule has 1 aromatic carbocycles. The largest absolute Gasteiger partial charge is 0.493 e. The summed E-state index contributed by atoms with van der Waals surface area (Å²) in [6.45, 7) is 4.75. The van der Waals surface area contributed by atoms with Gasteiger partial charge in [0.25, 0.3) is 0 Å². The summed E-state index contributed by atoms with van der Waals surface area (Å²) in [5.74, 6) is 1.50. The topological polar surface area (TPSA) is 73.3 Å². The number of anilines is 1.